The van der Waals surface area contributed by atoms with Gasteiger partial charge in [-0.3, -0.25) is 9.69 Å². The van der Waals surface area contributed by atoms with Gasteiger partial charge in [0.05, 0.1) is 41.6 Å². The molecule has 26 heavy (non-hydrogen) atoms. The lowest BCUT2D eigenvalue weighted by atomic mass is 10.2. The summed E-state index contributed by atoms with van der Waals surface area (Å²) in [6, 6.07) is 8.78. The van der Waals surface area contributed by atoms with Crippen molar-refractivity contribution >= 4 is 33.0 Å². The van der Waals surface area contributed by atoms with E-state index in [9.17, 15) is 13.2 Å². The number of furan rings is 1. The Labute approximate surface area is 158 Å². The zero-order valence-corrected chi connectivity index (χ0v) is 16.0. The van der Waals surface area contributed by atoms with E-state index in [0.717, 1.165) is 5.56 Å². The van der Waals surface area contributed by atoms with Crippen LogP contribution >= 0.6 is 11.6 Å². The molecule has 0 aliphatic carbocycles. The van der Waals surface area contributed by atoms with E-state index < -0.39 is 9.84 Å². The normalized spacial score (nSPS) is 19.0. The monoisotopic (exact) mass is 396 g/mol. The Morgan fingerprint density at radius 1 is 1.38 bits per heavy atom. The fourth-order valence-corrected chi connectivity index (χ4v) is 5.12. The van der Waals surface area contributed by atoms with Crippen LogP contribution in [0.2, 0.25) is 5.02 Å². The molecule has 3 rings (SSSR count). The summed E-state index contributed by atoms with van der Waals surface area (Å²) in [5.74, 6) is 0.659. The number of rotatable bonds is 6. The maximum absolute atomic E-state index is 12.5. The molecule has 1 saturated heterocycles. The van der Waals surface area contributed by atoms with Crippen LogP contribution in [0.3, 0.4) is 0 Å². The molecule has 1 fully saturated rings. The molecule has 0 bridgehead atoms. The van der Waals surface area contributed by atoms with Gasteiger partial charge in [0.15, 0.2) is 9.84 Å². The van der Waals surface area contributed by atoms with Crippen LogP contribution in [-0.4, -0.2) is 43.3 Å². The van der Waals surface area contributed by atoms with E-state index in [1.165, 1.54) is 0 Å². The van der Waals surface area contributed by atoms with Crippen LogP contribution < -0.4 is 5.32 Å². The van der Waals surface area contributed by atoms with E-state index in [2.05, 4.69) is 5.32 Å². The highest BCUT2D eigenvalue weighted by Gasteiger charge is 2.33. The molecule has 0 unspecified atom stereocenters. The average molecular weight is 397 g/mol. The van der Waals surface area contributed by atoms with Crippen LogP contribution in [0.15, 0.2) is 41.0 Å². The minimum Gasteiger partial charge on any atom is -0.468 e. The molecule has 1 aromatic carbocycles. The summed E-state index contributed by atoms with van der Waals surface area (Å²) in [7, 11) is -3.05. The van der Waals surface area contributed by atoms with Crippen LogP contribution in [0.1, 0.15) is 17.7 Å². The van der Waals surface area contributed by atoms with Crippen molar-refractivity contribution < 1.29 is 17.6 Å². The molecule has 1 aromatic heterocycles. The Hall–Kier alpha value is -1.83. The molecule has 1 atom stereocenters. The fraction of sp³-hybridized carbons (Fsp3) is 0.389. The van der Waals surface area contributed by atoms with Crippen LogP contribution in [0.25, 0.3) is 0 Å². The number of carbonyl (C=O) groups is 1. The number of halogens is 1. The average Bonchev–Trinajstić information content (AvgIpc) is 3.19. The molecule has 0 radical (unpaired) electrons. The number of anilines is 1. The molecule has 6 nitrogen and oxygen atoms in total. The number of hydrogen-bond donors (Lipinski definition) is 1. The third-order valence-electron chi connectivity index (χ3n) is 4.41. The topological polar surface area (TPSA) is 79.6 Å². The van der Waals surface area contributed by atoms with E-state index in [1.54, 1.807) is 24.5 Å². The zero-order chi connectivity index (χ0) is 18.7. The van der Waals surface area contributed by atoms with Crippen molar-refractivity contribution in [3.8, 4) is 0 Å². The predicted octanol–water partition coefficient (Wildman–Crippen LogP) is 2.87. The van der Waals surface area contributed by atoms with Gasteiger partial charge in [0.1, 0.15) is 5.76 Å². The van der Waals surface area contributed by atoms with Crippen molar-refractivity contribution in [3.63, 3.8) is 0 Å². The summed E-state index contributed by atoms with van der Waals surface area (Å²) in [4.78, 5) is 14.4. The van der Waals surface area contributed by atoms with Crippen molar-refractivity contribution in [2.24, 2.45) is 0 Å². The van der Waals surface area contributed by atoms with Crippen molar-refractivity contribution in [2.45, 2.75) is 25.9 Å². The predicted molar refractivity (Wildman–Crippen MR) is 101 cm³/mol. The highest BCUT2D eigenvalue weighted by atomic mass is 35.5. The minimum absolute atomic E-state index is 0.0606. The molecule has 140 valence electrons. The third kappa shape index (κ3) is 4.87. The van der Waals surface area contributed by atoms with Gasteiger partial charge < -0.3 is 9.73 Å². The van der Waals surface area contributed by atoms with Gasteiger partial charge in [-0.05, 0) is 43.2 Å². The van der Waals surface area contributed by atoms with Gasteiger partial charge >= 0.3 is 0 Å². The lowest BCUT2D eigenvalue weighted by molar-refractivity contribution is -0.118. The van der Waals surface area contributed by atoms with E-state index in [0.29, 0.717) is 29.4 Å². The Balaban J connectivity index is 1.71. The molecule has 2 heterocycles. The second-order valence-electron chi connectivity index (χ2n) is 6.57. The number of nitrogens with one attached hydrogen (secondary N) is 1. The molecule has 1 amide bonds. The highest BCUT2D eigenvalue weighted by molar-refractivity contribution is 7.91. The summed E-state index contributed by atoms with van der Waals surface area (Å²) in [6.45, 7) is 2.36. The zero-order valence-electron chi connectivity index (χ0n) is 14.4. The molecule has 0 saturated carbocycles. The molecule has 8 heteroatoms. The van der Waals surface area contributed by atoms with E-state index in [-0.39, 0.29) is 30.0 Å². The fourth-order valence-electron chi connectivity index (χ4n) is 3.08. The number of benzene rings is 1. The van der Waals surface area contributed by atoms with Gasteiger partial charge in [0, 0.05) is 6.04 Å². The summed E-state index contributed by atoms with van der Waals surface area (Å²) in [5.41, 5.74) is 1.54. The van der Waals surface area contributed by atoms with Gasteiger partial charge in [-0.25, -0.2) is 8.42 Å². The standard InChI is InChI=1S/C18H21ClN2O4S/c1-13-4-5-17(16(19)9-13)20-18(22)11-21(10-15-3-2-7-25-15)14-6-8-26(23,24)12-14/h2-5,7,9,14H,6,8,10-12H2,1H3,(H,20,22)/t14-/m0/s1. The van der Waals surface area contributed by atoms with Gasteiger partial charge in [0.25, 0.3) is 0 Å². The Bertz CT molecular complexity index is 881. The molecule has 0 spiro atoms. The summed E-state index contributed by atoms with van der Waals surface area (Å²) >= 11 is 6.17. The maximum atomic E-state index is 12.5. The molecular weight excluding hydrogens is 376 g/mol. The largest absolute Gasteiger partial charge is 0.468 e. The summed E-state index contributed by atoms with van der Waals surface area (Å²) < 4.78 is 29.0. The van der Waals surface area contributed by atoms with Crippen molar-refractivity contribution in [2.75, 3.05) is 23.4 Å². The number of sulfone groups is 1. The quantitative estimate of drug-likeness (QED) is 0.812. The highest BCUT2D eigenvalue weighted by Crippen LogP contribution is 2.24. The Morgan fingerprint density at radius 3 is 2.81 bits per heavy atom. The van der Waals surface area contributed by atoms with E-state index >= 15 is 0 Å². The first-order chi connectivity index (χ1) is 12.3. The smallest absolute Gasteiger partial charge is 0.238 e. The van der Waals surface area contributed by atoms with Crippen LogP contribution in [-0.2, 0) is 21.2 Å². The van der Waals surface area contributed by atoms with Crippen LogP contribution in [0, 0.1) is 6.92 Å². The maximum Gasteiger partial charge on any atom is 0.238 e. The first-order valence-electron chi connectivity index (χ1n) is 8.35. The molecule has 1 aliphatic heterocycles. The number of aryl methyl sites for hydroxylation is 1. The third-order valence-corrected chi connectivity index (χ3v) is 6.47. The number of nitrogens with zero attached hydrogens (tertiary/aromatic N) is 1. The first-order valence-corrected chi connectivity index (χ1v) is 10.6. The Kier molecular flexibility index (Phi) is 5.70. The Morgan fingerprint density at radius 2 is 2.19 bits per heavy atom. The van der Waals surface area contributed by atoms with Crippen molar-refractivity contribution in [1.82, 2.24) is 4.90 Å². The second kappa shape index (κ2) is 7.82. The molecular formula is C18H21ClN2O4S. The van der Waals surface area contributed by atoms with Gasteiger partial charge in [-0.15, -0.1) is 0 Å². The first kappa shape index (κ1) is 18.9. The lowest BCUT2D eigenvalue weighted by Crippen LogP contribution is -2.41. The van der Waals surface area contributed by atoms with Crippen LogP contribution in [0.4, 0.5) is 5.69 Å². The number of carbonyl (C=O) groups excluding carboxylic acids is 1. The molecule has 1 N–H and O–H groups in total. The van der Waals surface area contributed by atoms with Gasteiger partial charge in [-0.1, -0.05) is 17.7 Å². The second-order valence-corrected chi connectivity index (χ2v) is 9.21. The van der Waals surface area contributed by atoms with E-state index in [1.807, 2.05) is 24.0 Å². The SMILES string of the molecule is Cc1ccc(NC(=O)CN(Cc2ccco2)[C@H]2CCS(=O)(=O)C2)c(Cl)c1. The minimum atomic E-state index is -3.05. The molecule has 1 aliphatic rings. The van der Waals surface area contributed by atoms with Crippen molar-refractivity contribution in [1.29, 1.82) is 0 Å². The van der Waals surface area contributed by atoms with Gasteiger partial charge in [-0.2, -0.15) is 0 Å². The van der Waals surface area contributed by atoms with Crippen molar-refractivity contribution in [3.05, 3.63) is 52.9 Å². The summed E-state index contributed by atoms with van der Waals surface area (Å²) in [5, 5.41) is 3.27. The van der Waals surface area contributed by atoms with E-state index in [4.69, 9.17) is 16.0 Å². The van der Waals surface area contributed by atoms with Crippen LogP contribution in [0.5, 0.6) is 0 Å². The number of hydrogen-bond acceptors (Lipinski definition) is 5. The number of amides is 1. The lowest BCUT2D eigenvalue weighted by Gasteiger charge is -2.26. The summed E-state index contributed by atoms with van der Waals surface area (Å²) in [6.07, 6.45) is 2.08. The van der Waals surface area contributed by atoms with Gasteiger partial charge in [0.2, 0.25) is 5.91 Å². The molecule has 2 aromatic rings.